The van der Waals surface area contributed by atoms with Gasteiger partial charge in [0.2, 0.25) is 10.1 Å². The fourth-order valence-electron chi connectivity index (χ4n) is 1.44. The fourth-order valence-corrected chi connectivity index (χ4v) is 2.49. The lowest BCUT2D eigenvalue weighted by Crippen LogP contribution is -2.12. The summed E-state index contributed by atoms with van der Waals surface area (Å²) in [5.41, 5.74) is 0.188. The van der Waals surface area contributed by atoms with Crippen LogP contribution in [0.1, 0.15) is 16.7 Å². The number of benzene rings is 1. The van der Waals surface area contributed by atoms with Gasteiger partial charge in [-0.15, -0.1) is 10.2 Å². The lowest BCUT2D eigenvalue weighted by molar-refractivity contribution is -0.384. The van der Waals surface area contributed by atoms with Gasteiger partial charge in [-0.2, -0.15) is 0 Å². The van der Waals surface area contributed by atoms with Crippen molar-refractivity contribution in [3.63, 3.8) is 0 Å². The molecule has 0 aliphatic carbocycles. The quantitative estimate of drug-likeness (QED) is 0.617. The van der Waals surface area contributed by atoms with Gasteiger partial charge in [-0.3, -0.25) is 14.9 Å². The molecule has 0 radical (unpaired) electrons. The molecule has 0 spiro atoms. The zero-order valence-electron chi connectivity index (χ0n) is 10.8. The molecule has 0 aliphatic heterocycles. The van der Waals surface area contributed by atoms with E-state index in [1.807, 2.05) is 6.92 Å². The van der Waals surface area contributed by atoms with Crippen LogP contribution >= 0.6 is 27.3 Å². The molecule has 2 aromatic rings. The highest BCUT2D eigenvalue weighted by molar-refractivity contribution is 9.10. The van der Waals surface area contributed by atoms with Gasteiger partial charge >= 0.3 is 0 Å². The van der Waals surface area contributed by atoms with Gasteiger partial charge in [0.1, 0.15) is 0 Å². The van der Waals surface area contributed by atoms with E-state index in [4.69, 9.17) is 0 Å². The molecule has 0 bridgehead atoms. The van der Waals surface area contributed by atoms with Gasteiger partial charge < -0.3 is 10.6 Å². The van der Waals surface area contributed by atoms with E-state index in [0.717, 1.165) is 11.3 Å². The summed E-state index contributed by atoms with van der Waals surface area (Å²) in [6.07, 6.45) is 0. The number of rotatable bonds is 5. The lowest BCUT2D eigenvalue weighted by Gasteiger charge is -2.05. The second-order valence-corrected chi connectivity index (χ2v) is 5.65. The smallest absolute Gasteiger partial charge is 0.286 e. The van der Waals surface area contributed by atoms with E-state index in [0.29, 0.717) is 21.8 Å². The maximum atomic E-state index is 12.0. The number of carbonyl (C=O) groups is 1. The van der Waals surface area contributed by atoms with Crippen molar-refractivity contribution in [1.82, 2.24) is 10.2 Å². The average molecular weight is 372 g/mol. The molecule has 0 aliphatic rings. The Labute approximate surface area is 131 Å². The molecule has 0 fully saturated rings. The van der Waals surface area contributed by atoms with Gasteiger partial charge in [0.15, 0.2) is 0 Å². The third-order valence-corrected chi connectivity index (χ3v) is 3.93. The number of nitrogens with zero attached hydrogens (tertiary/aromatic N) is 3. The highest BCUT2D eigenvalue weighted by Crippen LogP contribution is 2.28. The largest absolute Gasteiger partial charge is 0.360 e. The van der Waals surface area contributed by atoms with Gasteiger partial charge in [-0.1, -0.05) is 11.3 Å². The molecule has 1 amide bonds. The Bertz CT molecular complexity index is 690. The van der Waals surface area contributed by atoms with Crippen molar-refractivity contribution in [3.05, 3.63) is 37.8 Å². The first kappa shape index (κ1) is 15.3. The third-order valence-electron chi connectivity index (χ3n) is 2.36. The van der Waals surface area contributed by atoms with Gasteiger partial charge in [-0.05, 0) is 28.9 Å². The van der Waals surface area contributed by atoms with E-state index < -0.39 is 10.8 Å². The minimum absolute atomic E-state index is 0.112. The molecule has 2 N–H and O–H groups in total. The summed E-state index contributed by atoms with van der Waals surface area (Å²) in [6, 6.07) is 4.11. The van der Waals surface area contributed by atoms with E-state index >= 15 is 0 Å². The monoisotopic (exact) mass is 371 g/mol. The van der Waals surface area contributed by atoms with Crippen LogP contribution in [0, 0.1) is 10.1 Å². The van der Waals surface area contributed by atoms with Gasteiger partial charge in [-0.25, -0.2) is 0 Å². The van der Waals surface area contributed by atoms with Crippen LogP contribution < -0.4 is 10.6 Å². The van der Waals surface area contributed by atoms with Gasteiger partial charge in [0.25, 0.3) is 11.6 Å². The fraction of sp³-hybridized carbons (Fsp3) is 0.182. The maximum absolute atomic E-state index is 12.0. The van der Waals surface area contributed by atoms with E-state index in [1.54, 1.807) is 0 Å². The standard InChI is InChI=1S/C11H10BrN5O3S/c1-2-13-11-16-15-10(21-11)9(18)14-8-5-6(17(19)20)3-4-7(8)12/h3-5H,2H2,1H3,(H,13,16)(H,14,18). The number of carbonyl (C=O) groups excluding carboxylic acids is 1. The molecule has 1 heterocycles. The highest BCUT2D eigenvalue weighted by atomic mass is 79.9. The van der Waals surface area contributed by atoms with E-state index in [9.17, 15) is 14.9 Å². The molecule has 21 heavy (non-hydrogen) atoms. The van der Waals surface area contributed by atoms with Crippen molar-refractivity contribution >= 4 is 49.7 Å². The minimum Gasteiger partial charge on any atom is -0.360 e. The van der Waals surface area contributed by atoms with Crippen LogP contribution in [-0.4, -0.2) is 27.6 Å². The summed E-state index contributed by atoms with van der Waals surface area (Å²) in [5, 5.41) is 24.5. The van der Waals surface area contributed by atoms with Crippen molar-refractivity contribution in [2.24, 2.45) is 0 Å². The number of non-ortho nitro benzene ring substituents is 1. The van der Waals surface area contributed by atoms with Crippen LogP contribution in [0.25, 0.3) is 0 Å². The van der Waals surface area contributed by atoms with E-state index in [2.05, 4.69) is 36.8 Å². The molecule has 1 aromatic heterocycles. The number of nitro benzene ring substituents is 1. The molecule has 0 saturated heterocycles. The minimum atomic E-state index is -0.531. The SMILES string of the molecule is CCNc1nnc(C(=O)Nc2cc([N+](=O)[O-])ccc2Br)s1. The Hall–Kier alpha value is -2.07. The Morgan fingerprint density at radius 2 is 2.24 bits per heavy atom. The highest BCUT2D eigenvalue weighted by Gasteiger charge is 2.16. The maximum Gasteiger partial charge on any atom is 0.286 e. The van der Waals surface area contributed by atoms with Crippen molar-refractivity contribution < 1.29 is 9.72 Å². The molecule has 1 aromatic carbocycles. The predicted molar refractivity (Wildman–Crippen MR) is 82.8 cm³/mol. The second kappa shape index (κ2) is 6.59. The number of halogens is 1. The van der Waals surface area contributed by atoms with E-state index in [-0.39, 0.29) is 10.7 Å². The molecule has 8 nitrogen and oxygen atoms in total. The summed E-state index contributed by atoms with van der Waals surface area (Å²) >= 11 is 4.34. The van der Waals surface area contributed by atoms with Crippen LogP contribution in [-0.2, 0) is 0 Å². The van der Waals surface area contributed by atoms with E-state index in [1.165, 1.54) is 18.2 Å². The van der Waals surface area contributed by atoms with Crippen molar-refractivity contribution in [2.45, 2.75) is 6.92 Å². The predicted octanol–water partition coefficient (Wildman–Crippen LogP) is 2.89. The summed E-state index contributed by atoms with van der Waals surface area (Å²) in [5.74, 6) is -0.474. The molecular formula is C11H10BrN5O3S. The zero-order chi connectivity index (χ0) is 15.4. The Kier molecular flexibility index (Phi) is 4.81. The average Bonchev–Trinajstić information content (AvgIpc) is 2.90. The normalized spacial score (nSPS) is 10.2. The van der Waals surface area contributed by atoms with Crippen molar-refractivity contribution in [1.29, 1.82) is 0 Å². The molecule has 0 atom stereocenters. The molecule has 0 saturated carbocycles. The Morgan fingerprint density at radius 3 is 2.90 bits per heavy atom. The Balaban J connectivity index is 2.18. The number of hydrogen-bond acceptors (Lipinski definition) is 7. The summed E-state index contributed by atoms with van der Waals surface area (Å²) in [4.78, 5) is 22.3. The van der Waals surface area contributed by atoms with Crippen LogP contribution in [0.4, 0.5) is 16.5 Å². The van der Waals surface area contributed by atoms with Crippen LogP contribution in [0.2, 0.25) is 0 Å². The lowest BCUT2D eigenvalue weighted by atomic mass is 10.3. The second-order valence-electron chi connectivity index (χ2n) is 3.82. The first-order valence-electron chi connectivity index (χ1n) is 5.84. The van der Waals surface area contributed by atoms with Gasteiger partial charge in [0, 0.05) is 23.2 Å². The molecule has 0 unspecified atom stereocenters. The molecule has 10 heteroatoms. The van der Waals surface area contributed by atoms with Crippen LogP contribution in [0.3, 0.4) is 0 Å². The van der Waals surface area contributed by atoms with Crippen molar-refractivity contribution in [2.75, 3.05) is 17.2 Å². The third kappa shape index (κ3) is 3.73. The van der Waals surface area contributed by atoms with Crippen LogP contribution in [0.15, 0.2) is 22.7 Å². The number of amides is 1. The molecule has 2 rings (SSSR count). The van der Waals surface area contributed by atoms with Crippen LogP contribution in [0.5, 0.6) is 0 Å². The number of nitro groups is 1. The molecular weight excluding hydrogens is 362 g/mol. The first-order valence-corrected chi connectivity index (χ1v) is 7.45. The number of nitrogens with one attached hydrogen (secondary N) is 2. The summed E-state index contributed by atoms with van der Waals surface area (Å²) in [7, 11) is 0. The number of aromatic nitrogens is 2. The van der Waals surface area contributed by atoms with Crippen molar-refractivity contribution in [3.8, 4) is 0 Å². The van der Waals surface area contributed by atoms with Gasteiger partial charge in [0.05, 0.1) is 10.6 Å². The topological polar surface area (TPSA) is 110 Å². The summed E-state index contributed by atoms with van der Waals surface area (Å²) < 4.78 is 0.540. The number of anilines is 2. The molecule has 110 valence electrons. The number of hydrogen-bond donors (Lipinski definition) is 2. The zero-order valence-corrected chi connectivity index (χ0v) is 13.2. The first-order chi connectivity index (χ1) is 10.0. The Morgan fingerprint density at radius 1 is 1.48 bits per heavy atom. The summed E-state index contributed by atoms with van der Waals surface area (Å²) in [6.45, 7) is 2.58.